The third kappa shape index (κ3) is 306. The van der Waals surface area contributed by atoms with E-state index in [-0.39, 0.29) is 20.4 Å². The van der Waals surface area contributed by atoms with Crippen molar-refractivity contribution in [3.63, 3.8) is 0 Å². The van der Waals surface area contributed by atoms with Crippen molar-refractivity contribution in [1.29, 1.82) is 0 Å². The van der Waals surface area contributed by atoms with Crippen LogP contribution >= 0.6 is 0 Å². The molecule has 0 aliphatic carbocycles. The summed E-state index contributed by atoms with van der Waals surface area (Å²) in [4.78, 5) is 17.1. The average Bonchev–Trinajstić information content (AvgIpc) is 1.25. The van der Waals surface area contributed by atoms with Gasteiger partial charge in [0, 0.05) is 20.4 Å². The standard InChI is InChI=1S/2CH2O3.Pd/c2*2-1(3)4;/h2*(H2,2,3,4);. The van der Waals surface area contributed by atoms with Crippen LogP contribution in [0.4, 0.5) is 9.59 Å². The van der Waals surface area contributed by atoms with Gasteiger partial charge >= 0.3 is 12.3 Å². The zero-order valence-corrected chi connectivity index (χ0v) is 5.48. The Morgan fingerprint density at radius 1 is 0.778 bits per heavy atom. The van der Waals surface area contributed by atoms with Crippen molar-refractivity contribution >= 4 is 12.3 Å². The maximum atomic E-state index is 8.56. The van der Waals surface area contributed by atoms with E-state index >= 15 is 0 Å². The van der Waals surface area contributed by atoms with E-state index in [0.29, 0.717) is 0 Å². The van der Waals surface area contributed by atoms with E-state index in [9.17, 15) is 0 Å². The second-order valence-electron chi connectivity index (χ2n) is 0.565. The summed E-state index contributed by atoms with van der Waals surface area (Å²) in [6.07, 6.45) is -3.67. The molecule has 0 aromatic rings. The molecule has 0 unspecified atom stereocenters. The quantitative estimate of drug-likeness (QED) is 0.449. The van der Waals surface area contributed by atoms with E-state index in [1.54, 1.807) is 0 Å². The van der Waals surface area contributed by atoms with Gasteiger partial charge in [-0.2, -0.15) is 0 Å². The van der Waals surface area contributed by atoms with Crippen molar-refractivity contribution < 1.29 is 50.4 Å². The predicted molar refractivity (Wildman–Crippen MR) is 21.3 cm³/mol. The van der Waals surface area contributed by atoms with Crippen LogP contribution in [-0.2, 0) is 20.4 Å². The minimum Gasteiger partial charge on any atom is -0.450 e. The fourth-order valence-electron chi connectivity index (χ4n) is 0. The van der Waals surface area contributed by atoms with E-state index in [1.807, 2.05) is 0 Å². The molecule has 0 aromatic carbocycles. The Morgan fingerprint density at radius 2 is 0.778 bits per heavy atom. The summed E-state index contributed by atoms with van der Waals surface area (Å²) < 4.78 is 0. The third-order valence-corrected chi connectivity index (χ3v) is 0. The Hall–Kier alpha value is -0.798. The fourth-order valence-corrected chi connectivity index (χ4v) is 0. The van der Waals surface area contributed by atoms with E-state index in [1.165, 1.54) is 0 Å². The molecule has 6 nitrogen and oxygen atoms in total. The van der Waals surface area contributed by atoms with Gasteiger partial charge in [-0.3, -0.25) is 0 Å². The van der Waals surface area contributed by atoms with Gasteiger partial charge in [0.1, 0.15) is 0 Å². The van der Waals surface area contributed by atoms with E-state index in [0.717, 1.165) is 0 Å². The smallest absolute Gasteiger partial charge is 0.450 e. The molecule has 0 spiro atoms. The molecule has 0 bridgehead atoms. The molecule has 0 aromatic heterocycles. The summed E-state index contributed by atoms with van der Waals surface area (Å²) in [6, 6.07) is 0. The van der Waals surface area contributed by atoms with Gasteiger partial charge in [0.05, 0.1) is 0 Å². The molecule has 0 radical (unpaired) electrons. The monoisotopic (exact) mass is 230 g/mol. The van der Waals surface area contributed by atoms with E-state index in [2.05, 4.69) is 0 Å². The van der Waals surface area contributed by atoms with Gasteiger partial charge in [-0.15, -0.1) is 0 Å². The molecular weight excluding hydrogens is 226 g/mol. The summed E-state index contributed by atoms with van der Waals surface area (Å²) in [5.41, 5.74) is 0. The van der Waals surface area contributed by atoms with E-state index < -0.39 is 12.3 Å². The number of carboxylic acid groups (broad SMARTS) is 4. The van der Waals surface area contributed by atoms with Crippen molar-refractivity contribution in [3.05, 3.63) is 0 Å². The fraction of sp³-hybridized carbons (Fsp3) is 0. The first-order valence-corrected chi connectivity index (χ1v) is 1.30. The van der Waals surface area contributed by atoms with Crippen LogP contribution in [0.15, 0.2) is 0 Å². The van der Waals surface area contributed by atoms with Crippen molar-refractivity contribution in [2.75, 3.05) is 0 Å². The van der Waals surface area contributed by atoms with Crippen LogP contribution in [0.5, 0.6) is 0 Å². The summed E-state index contributed by atoms with van der Waals surface area (Å²) in [7, 11) is 0. The summed E-state index contributed by atoms with van der Waals surface area (Å²) in [5.74, 6) is 0. The van der Waals surface area contributed by atoms with Crippen LogP contribution in [0, 0.1) is 0 Å². The summed E-state index contributed by atoms with van der Waals surface area (Å²) in [6.45, 7) is 0. The largest absolute Gasteiger partial charge is 0.503 e. The molecule has 58 valence electrons. The maximum absolute atomic E-state index is 8.56. The van der Waals surface area contributed by atoms with Crippen LogP contribution in [0.1, 0.15) is 0 Å². The molecule has 0 heterocycles. The normalized spacial score (nSPS) is 5.33. The van der Waals surface area contributed by atoms with Gasteiger partial charge in [0.25, 0.3) is 0 Å². The zero-order chi connectivity index (χ0) is 7.15. The Morgan fingerprint density at radius 3 is 0.778 bits per heavy atom. The van der Waals surface area contributed by atoms with Gasteiger partial charge in [0.15, 0.2) is 0 Å². The SMILES string of the molecule is O=C(O)O.O=C(O)O.[Pd]. The molecule has 0 atom stereocenters. The molecule has 0 aliphatic rings. The Kier molecular flexibility index (Phi) is 17.9. The number of rotatable bonds is 0. The van der Waals surface area contributed by atoms with Gasteiger partial charge < -0.3 is 20.4 Å². The van der Waals surface area contributed by atoms with Crippen molar-refractivity contribution in [1.82, 2.24) is 0 Å². The Labute approximate surface area is 63.4 Å². The van der Waals surface area contributed by atoms with E-state index in [4.69, 9.17) is 30.0 Å². The van der Waals surface area contributed by atoms with Crippen LogP contribution in [0.3, 0.4) is 0 Å². The minimum absolute atomic E-state index is 0. The van der Waals surface area contributed by atoms with Crippen LogP contribution < -0.4 is 0 Å². The number of hydrogen-bond donors (Lipinski definition) is 4. The van der Waals surface area contributed by atoms with Crippen LogP contribution in [0.25, 0.3) is 0 Å². The topological polar surface area (TPSA) is 115 Å². The first-order valence-electron chi connectivity index (χ1n) is 1.30. The van der Waals surface area contributed by atoms with Gasteiger partial charge in [-0.25, -0.2) is 9.59 Å². The predicted octanol–water partition coefficient (Wildman–Crippen LogP) is 0.442. The summed E-state index contributed by atoms with van der Waals surface area (Å²) >= 11 is 0. The number of carbonyl (C=O) groups is 2. The average molecular weight is 230 g/mol. The molecule has 0 amide bonds. The molecule has 7 heteroatoms. The van der Waals surface area contributed by atoms with Gasteiger partial charge in [-0.05, 0) is 0 Å². The number of hydrogen-bond acceptors (Lipinski definition) is 2. The molecule has 0 fully saturated rings. The minimum atomic E-state index is -1.83. The molecule has 0 rings (SSSR count). The zero-order valence-electron chi connectivity index (χ0n) is 3.92. The van der Waals surface area contributed by atoms with Gasteiger partial charge in [0.2, 0.25) is 0 Å². The van der Waals surface area contributed by atoms with Crippen molar-refractivity contribution in [2.45, 2.75) is 0 Å². The third-order valence-electron chi connectivity index (χ3n) is 0. The summed E-state index contributed by atoms with van der Waals surface area (Å²) in [5, 5.41) is 27.9. The van der Waals surface area contributed by atoms with Gasteiger partial charge in [-0.1, -0.05) is 0 Å². The first kappa shape index (κ1) is 15.7. The first-order chi connectivity index (χ1) is 3.46. The van der Waals surface area contributed by atoms with Crippen molar-refractivity contribution in [3.8, 4) is 0 Å². The molecule has 9 heavy (non-hydrogen) atoms. The Balaban J connectivity index is -0.0000000720. The second kappa shape index (κ2) is 10.2. The van der Waals surface area contributed by atoms with Crippen molar-refractivity contribution in [2.24, 2.45) is 0 Å². The van der Waals surface area contributed by atoms with Crippen LogP contribution in [-0.4, -0.2) is 32.7 Å². The molecule has 0 saturated heterocycles. The second-order valence-corrected chi connectivity index (χ2v) is 0.565. The molecule has 0 aliphatic heterocycles. The maximum Gasteiger partial charge on any atom is 0.503 e. The van der Waals surface area contributed by atoms with Crippen LogP contribution in [0.2, 0.25) is 0 Å². The molecular formula is C2H4O6Pd. The molecule has 4 N–H and O–H groups in total. The Bertz CT molecular complexity index is 69.1. The molecule has 0 saturated carbocycles.